The molecule has 1 rings (SSSR count). The summed E-state index contributed by atoms with van der Waals surface area (Å²) in [6.45, 7) is 10.7. The molecule has 1 aromatic heterocycles. The van der Waals surface area contributed by atoms with Crippen LogP contribution in [0.25, 0.3) is 0 Å². The summed E-state index contributed by atoms with van der Waals surface area (Å²) in [5, 5.41) is 8.88. The molecule has 2 N–H and O–H groups in total. The maximum atomic E-state index is 4.27. The van der Waals surface area contributed by atoms with E-state index in [1.54, 1.807) is 11.3 Å². The number of aliphatic imine (C=N–C) groups is 1. The van der Waals surface area contributed by atoms with Gasteiger partial charge in [-0.05, 0) is 37.9 Å². The van der Waals surface area contributed by atoms with Crippen LogP contribution in [0, 0.1) is 0 Å². The second-order valence-corrected chi connectivity index (χ2v) is 5.81. The quantitative estimate of drug-likeness (QED) is 0.383. The molecule has 122 valence electrons. The summed E-state index contributed by atoms with van der Waals surface area (Å²) >= 11 is 1.80. The number of likely N-dealkylation sites (N-methyl/N-ethyl adjacent to an activating group) is 1. The number of hydrogen-bond donors (Lipinski definition) is 2. The van der Waals surface area contributed by atoms with E-state index < -0.39 is 0 Å². The minimum Gasteiger partial charge on any atom is -0.356 e. The number of rotatable bonds is 8. The maximum absolute atomic E-state index is 4.27. The summed E-state index contributed by atoms with van der Waals surface area (Å²) in [7, 11) is 1.82. The second kappa shape index (κ2) is 12.2. The highest BCUT2D eigenvalue weighted by Crippen LogP contribution is 2.07. The van der Waals surface area contributed by atoms with E-state index in [2.05, 4.69) is 58.8 Å². The van der Waals surface area contributed by atoms with Gasteiger partial charge in [0.15, 0.2) is 5.96 Å². The fourth-order valence-corrected chi connectivity index (χ4v) is 2.91. The zero-order chi connectivity index (χ0) is 14.8. The smallest absolute Gasteiger partial charge is 0.191 e. The molecule has 21 heavy (non-hydrogen) atoms. The Labute approximate surface area is 150 Å². The summed E-state index contributed by atoms with van der Waals surface area (Å²) in [4.78, 5) is 8.11. The van der Waals surface area contributed by atoms with Crippen molar-refractivity contribution in [2.24, 2.45) is 4.99 Å². The van der Waals surface area contributed by atoms with Crippen molar-refractivity contribution in [1.29, 1.82) is 0 Å². The van der Waals surface area contributed by atoms with E-state index in [9.17, 15) is 0 Å². The van der Waals surface area contributed by atoms with E-state index in [4.69, 9.17) is 0 Å². The fourth-order valence-electron chi connectivity index (χ4n) is 2.20. The Morgan fingerprint density at radius 1 is 1.33 bits per heavy atom. The standard InChI is InChI=1S/C15H28N4S.HI/c1-5-19(6-2)13(3)12-18-15(16-4)17-10-9-14-8-7-11-20-14;/h7-8,11,13H,5-6,9-10,12H2,1-4H3,(H2,16,17,18);1H. The zero-order valence-corrected chi connectivity index (χ0v) is 16.7. The lowest BCUT2D eigenvalue weighted by molar-refractivity contribution is 0.231. The monoisotopic (exact) mass is 424 g/mol. The van der Waals surface area contributed by atoms with Gasteiger partial charge >= 0.3 is 0 Å². The minimum atomic E-state index is 0. The van der Waals surface area contributed by atoms with Crippen molar-refractivity contribution in [2.45, 2.75) is 33.2 Å². The normalized spacial score (nSPS) is 12.9. The molecule has 0 fully saturated rings. The first-order valence-electron chi connectivity index (χ1n) is 7.42. The maximum Gasteiger partial charge on any atom is 0.191 e. The highest BCUT2D eigenvalue weighted by atomic mass is 127. The third kappa shape index (κ3) is 8.01. The first-order chi connectivity index (χ1) is 9.71. The largest absolute Gasteiger partial charge is 0.356 e. The van der Waals surface area contributed by atoms with Crippen molar-refractivity contribution in [3.63, 3.8) is 0 Å². The van der Waals surface area contributed by atoms with Crippen molar-refractivity contribution in [3.05, 3.63) is 22.4 Å². The highest BCUT2D eigenvalue weighted by Gasteiger charge is 2.10. The van der Waals surface area contributed by atoms with Crippen LogP contribution in [0.15, 0.2) is 22.5 Å². The molecular formula is C15H29IN4S. The molecule has 0 radical (unpaired) electrons. The first kappa shape index (κ1) is 20.7. The minimum absolute atomic E-state index is 0. The SMILES string of the molecule is CCN(CC)C(C)CNC(=NC)NCCc1cccs1.I. The lowest BCUT2D eigenvalue weighted by Gasteiger charge is -2.27. The van der Waals surface area contributed by atoms with E-state index >= 15 is 0 Å². The molecule has 0 amide bonds. The number of hydrogen-bond acceptors (Lipinski definition) is 3. The third-order valence-electron chi connectivity index (χ3n) is 3.47. The molecule has 0 saturated carbocycles. The van der Waals surface area contributed by atoms with Gasteiger partial charge in [0.1, 0.15) is 0 Å². The summed E-state index contributed by atoms with van der Waals surface area (Å²) in [5.74, 6) is 0.889. The van der Waals surface area contributed by atoms with Gasteiger partial charge in [-0.1, -0.05) is 19.9 Å². The van der Waals surface area contributed by atoms with Gasteiger partial charge in [-0.15, -0.1) is 35.3 Å². The predicted molar refractivity (Wildman–Crippen MR) is 105 cm³/mol. The molecule has 0 spiro atoms. The van der Waals surface area contributed by atoms with Crippen molar-refractivity contribution < 1.29 is 0 Å². The van der Waals surface area contributed by atoms with Gasteiger partial charge in [-0.3, -0.25) is 9.89 Å². The summed E-state index contributed by atoms with van der Waals surface area (Å²) in [5.41, 5.74) is 0. The Balaban J connectivity index is 0.00000400. The molecule has 1 aromatic rings. The van der Waals surface area contributed by atoms with Crippen LogP contribution in [-0.2, 0) is 6.42 Å². The van der Waals surface area contributed by atoms with Gasteiger partial charge < -0.3 is 10.6 Å². The Hall–Kier alpha value is -0.340. The lowest BCUT2D eigenvalue weighted by atomic mass is 10.3. The summed E-state index contributed by atoms with van der Waals surface area (Å²) in [6, 6.07) is 4.78. The fraction of sp³-hybridized carbons (Fsp3) is 0.667. The Morgan fingerprint density at radius 3 is 2.57 bits per heavy atom. The van der Waals surface area contributed by atoms with Crippen molar-refractivity contribution in [3.8, 4) is 0 Å². The molecule has 1 heterocycles. The van der Waals surface area contributed by atoms with E-state index in [0.29, 0.717) is 6.04 Å². The Bertz CT molecular complexity index is 377. The third-order valence-corrected chi connectivity index (χ3v) is 4.40. The van der Waals surface area contributed by atoms with E-state index in [1.165, 1.54) is 4.88 Å². The molecule has 4 nitrogen and oxygen atoms in total. The molecule has 0 aromatic carbocycles. The Kier molecular flexibility index (Phi) is 12.0. The topological polar surface area (TPSA) is 39.7 Å². The van der Waals surface area contributed by atoms with E-state index in [1.807, 2.05) is 7.05 Å². The average Bonchev–Trinajstić information content (AvgIpc) is 2.97. The Morgan fingerprint density at radius 2 is 2.05 bits per heavy atom. The van der Waals surface area contributed by atoms with Crippen molar-refractivity contribution >= 4 is 41.3 Å². The molecule has 6 heteroatoms. The van der Waals surface area contributed by atoms with Crippen LogP contribution >= 0.6 is 35.3 Å². The number of nitrogens with one attached hydrogen (secondary N) is 2. The van der Waals surface area contributed by atoms with Crippen LogP contribution in [0.4, 0.5) is 0 Å². The predicted octanol–water partition coefficient (Wildman–Crippen LogP) is 2.80. The van der Waals surface area contributed by atoms with Gasteiger partial charge in [0, 0.05) is 31.1 Å². The molecular weight excluding hydrogens is 395 g/mol. The second-order valence-electron chi connectivity index (χ2n) is 4.78. The summed E-state index contributed by atoms with van der Waals surface area (Å²) in [6.07, 6.45) is 1.05. The van der Waals surface area contributed by atoms with Gasteiger partial charge in [0.05, 0.1) is 0 Å². The lowest BCUT2D eigenvalue weighted by Crippen LogP contribution is -2.46. The van der Waals surface area contributed by atoms with E-state index in [-0.39, 0.29) is 24.0 Å². The number of thiophene rings is 1. The van der Waals surface area contributed by atoms with Crippen LogP contribution in [0.5, 0.6) is 0 Å². The molecule has 0 aliphatic rings. The van der Waals surface area contributed by atoms with Gasteiger partial charge in [-0.2, -0.15) is 0 Å². The molecule has 1 atom stereocenters. The van der Waals surface area contributed by atoms with E-state index in [0.717, 1.165) is 38.6 Å². The average molecular weight is 424 g/mol. The number of guanidine groups is 1. The summed E-state index contributed by atoms with van der Waals surface area (Å²) < 4.78 is 0. The number of nitrogens with zero attached hydrogens (tertiary/aromatic N) is 2. The van der Waals surface area contributed by atoms with Crippen LogP contribution in [0.3, 0.4) is 0 Å². The van der Waals surface area contributed by atoms with Crippen LogP contribution < -0.4 is 10.6 Å². The zero-order valence-electron chi connectivity index (χ0n) is 13.6. The molecule has 1 unspecified atom stereocenters. The van der Waals surface area contributed by atoms with Crippen molar-refractivity contribution in [2.75, 3.05) is 33.2 Å². The molecule has 0 aliphatic heterocycles. The van der Waals surface area contributed by atoms with Crippen LogP contribution in [0.2, 0.25) is 0 Å². The highest BCUT2D eigenvalue weighted by molar-refractivity contribution is 14.0. The molecule has 0 saturated heterocycles. The molecule has 0 aliphatic carbocycles. The van der Waals surface area contributed by atoms with Gasteiger partial charge in [0.2, 0.25) is 0 Å². The van der Waals surface area contributed by atoms with Crippen LogP contribution in [0.1, 0.15) is 25.6 Å². The van der Waals surface area contributed by atoms with Crippen LogP contribution in [-0.4, -0.2) is 50.1 Å². The molecule has 0 bridgehead atoms. The van der Waals surface area contributed by atoms with Crippen molar-refractivity contribution in [1.82, 2.24) is 15.5 Å². The first-order valence-corrected chi connectivity index (χ1v) is 8.30. The van der Waals surface area contributed by atoms with Gasteiger partial charge in [0.25, 0.3) is 0 Å². The number of halogens is 1. The van der Waals surface area contributed by atoms with Gasteiger partial charge in [-0.25, -0.2) is 0 Å².